The van der Waals surface area contributed by atoms with Crippen molar-refractivity contribution in [3.05, 3.63) is 84.9 Å². The van der Waals surface area contributed by atoms with Crippen LogP contribution in [0.5, 0.6) is 0 Å². The van der Waals surface area contributed by atoms with E-state index in [-0.39, 0.29) is 6.04 Å². The zero-order valence-corrected chi connectivity index (χ0v) is 18.4. The normalized spacial score (nSPS) is 11.9. The molecule has 1 N–H and O–H groups in total. The highest BCUT2D eigenvalue weighted by Gasteiger charge is 2.15. The highest BCUT2D eigenvalue weighted by molar-refractivity contribution is 5.61. The quantitative estimate of drug-likeness (QED) is 0.455. The van der Waals surface area contributed by atoms with Crippen molar-refractivity contribution in [2.45, 2.75) is 6.04 Å². The van der Waals surface area contributed by atoms with E-state index in [1.165, 1.54) is 0 Å². The largest absolute Gasteiger partial charge is 0.352 e. The second-order valence-corrected chi connectivity index (χ2v) is 7.55. The summed E-state index contributed by atoms with van der Waals surface area (Å²) in [7, 11) is 6.02. The molecule has 0 amide bonds. The van der Waals surface area contributed by atoms with Crippen LogP contribution in [-0.4, -0.2) is 57.5 Å². The second-order valence-electron chi connectivity index (χ2n) is 7.55. The van der Waals surface area contributed by atoms with E-state index in [2.05, 4.69) is 36.2 Å². The number of anilines is 3. The fourth-order valence-electron chi connectivity index (χ4n) is 3.36. The van der Waals surface area contributed by atoms with Crippen LogP contribution in [0.3, 0.4) is 0 Å². The van der Waals surface area contributed by atoms with Crippen LogP contribution in [0.15, 0.2) is 79.4 Å². The Labute approximate surface area is 188 Å². The van der Waals surface area contributed by atoms with Crippen LogP contribution in [0.4, 0.5) is 17.6 Å². The fraction of sp³-hybridized carbons (Fsp3) is 0.208. The van der Waals surface area contributed by atoms with Crippen LogP contribution >= 0.6 is 0 Å². The van der Waals surface area contributed by atoms with Crippen LogP contribution in [0.25, 0.3) is 11.4 Å². The summed E-state index contributed by atoms with van der Waals surface area (Å²) in [6.07, 6.45) is 7.17. The van der Waals surface area contributed by atoms with Gasteiger partial charge in [-0.1, -0.05) is 36.4 Å². The van der Waals surface area contributed by atoms with E-state index in [4.69, 9.17) is 4.98 Å². The molecule has 162 valence electrons. The molecule has 0 bridgehead atoms. The average Bonchev–Trinajstić information content (AvgIpc) is 2.85. The highest BCUT2D eigenvalue weighted by Crippen LogP contribution is 2.23. The fourth-order valence-corrected chi connectivity index (χ4v) is 3.36. The Morgan fingerprint density at radius 3 is 2.28 bits per heavy atom. The summed E-state index contributed by atoms with van der Waals surface area (Å²) in [5, 5.41) is 3.36. The molecule has 0 aliphatic carbocycles. The molecule has 0 saturated heterocycles. The van der Waals surface area contributed by atoms with Crippen molar-refractivity contribution >= 4 is 17.6 Å². The minimum absolute atomic E-state index is 0.143. The van der Waals surface area contributed by atoms with Crippen LogP contribution in [0, 0.1) is 0 Å². The molecule has 0 saturated carbocycles. The van der Waals surface area contributed by atoms with E-state index < -0.39 is 0 Å². The van der Waals surface area contributed by atoms with E-state index in [1.807, 2.05) is 80.8 Å². The first-order valence-corrected chi connectivity index (χ1v) is 10.4. The maximum Gasteiger partial charge on any atom is 0.224 e. The SMILES string of the molecule is CN(c1ccnc(NC[C@H](c2cccnc2)N(C)C)n1)c1ccnc(-c2ccccc2)n1. The van der Waals surface area contributed by atoms with Gasteiger partial charge in [0, 0.05) is 43.9 Å². The minimum Gasteiger partial charge on any atom is -0.352 e. The summed E-state index contributed by atoms with van der Waals surface area (Å²) >= 11 is 0. The Kier molecular flexibility index (Phi) is 6.62. The second kappa shape index (κ2) is 9.93. The lowest BCUT2D eigenvalue weighted by molar-refractivity contribution is 0.311. The Morgan fingerprint density at radius 1 is 0.812 bits per heavy atom. The van der Waals surface area contributed by atoms with Gasteiger partial charge in [0.25, 0.3) is 0 Å². The number of aromatic nitrogens is 5. The summed E-state index contributed by atoms with van der Waals surface area (Å²) in [5.74, 6) is 2.73. The summed E-state index contributed by atoms with van der Waals surface area (Å²) in [5.41, 5.74) is 2.10. The van der Waals surface area contributed by atoms with E-state index in [0.29, 0.717) is 18.3 Å². The Balaban J connectivity index is 1.50. The van der Waals surface area contributed by atoms with Gasteiger partial charge in [-0.3, -0.25) is 4.98 Å². The highest BCUT2D eigenvalue weighted by atomic mass is 15.3. The number of nitrogens with one attached hydrogen (secondary N) is 1. The van der Waals surface area contributed by atoms with Crippen molar-refractivity contribution in [1.29, 1.82) is 0 Å². The Hall–Kier alpha value is -3.91. The van der Waals surface area contributed by atoms with Gasteiger partial charge in [0.05, 0.1) is 6.04 Å². The van der Waals surface area contributed by atoms with E-state index in [1.54, 1.807) is 18.6 Å². The molecule has 0 aliphatic heterocycles. The Morgan fingerprint density at radius 2 is 1.56 bits per heavy atom. The maximum atomic E-state index is 4.71. The zero-order valence-electron chi connectivity index (χ0n) is 18.4. The van der Waals surface area contributed by atoms with Gasteiger partial charge < -0.3 is 15.1 Å². The lowest BCUT2D eigenvalue weighted by Gasteiger charge is -2.25. The summed E-state index contributed by atoms with van der Waals surface area (Å²) in [4.78, 5) is 26.5. The van der Waals surface area contributed by atoms with Crippen molar-refractivity contribution in [2.75, 3.05) is 37.9 Å². The number of pyridine rings is 1. The summed E-state index contributed by atoms with van der Waals surface area (Å²) < 4.78 is 0. The molecule has 3 heterocycles. The first kappa shape index (κ1) is 21.3. The predicted octanol–water partition coefficient (Wildman–Crippen LogP) is 3.81. The van der Waals surface area contributed by atoms with Crippen molar-refractivity contribution < 1.29 is 0 Å². The van der Waals surface area contributed by atoms with Crippen LogP contribution in [0.2, 0.25) is 0 Å². The van der Waals surface area contributed by atoms with Gasteiger partial charge in [0.2, 0.25) is 5.95 Å². The number of hydrogen-bond donors (Lipinski definition) is 1. The van der Waals surface area contributed by atoms with Crippen molar-refractivity contribution in [3.63, 3.8) is 0 Å². The molecule has 0 unspecified atom stereocenters. The maximum absolute atomic E-state index is 4.71. The summed E-state index contributed by atoms with van der Waals surface area (Å²) in [6, 6.07) is 17.8. The molecule has 0 aliphatic rings. The number of benzene rings is 1. The number of rotatable bonds is 8. The molecule has 1 aromatic carbocycles. The number of hydrogen-bond acceptors (Lipinski definition) is 8. The predicted molar refractivity (Wildman–Crippen MR) is 127 cm³/mol. The number of likely N-dealkylation sites (N-methyl/N-ethyl adjacent to an activating group) is 1. The minimum atomic E-state index is 0.143. The standard InChI is InChI=1S/C24H26N8/c1-31(2)20(19-10-7-13-25-16-19)17-28-24-27-15-12-22(30-24)32(3)21-11-14-26-23(29-21)18-8-5-4-6-9-18/h4-16,20H,17H2,1-3H3,(H,27,28,30)/t20-/m1/s1. The van der Waals surface area contributed by atoms with Gasteiger partial charge in [-0.05, 0) is 37.9 Å². The molecule has 32 heavy (non-hydrogen) atoms. The van der Waals surface area contributed by atoms with Gasteiger partial charge >= 0.3 is 0 Å². The smallest absolute Gasteiger partial charge is 0.224 e. The lowest BCUT2D eigenvalue weighted by atomic mass is 10.1. The summed E-state index contributed by atoms with van der Waals surface area (Å²) in [6.45, 7) is 0.650. The molecule has 4 rings (SSSR count). The topological polar surface area (TPSA) is 83.0 Å². The van der Waals surface area contributed by atoms with E-state index in [9.17, 15) is 0 Å². The molecular formula is C24H26N8. The molecular weight excluding hydrogens is 400 g/mol. The van der Waals surface area contributed by atoms with Crippen LogP contribution < -0.4 is 10.2 Å². The van der Waals surface area contributed by atoms with Gasteiger partial charge in [0.1, 0.15) is 11.6 Å². The average molecular weight is 427 g/mol. The van der Waals surface area contributed by atoms with Crippen molar-refractivity contribution in [1.82, 2.24) is 29.8 Å². The molecule has 1 atom stereocenters. The van der Waals surface area contributed by atoms with Crippen molar-refractivity contribution in [3.8, 4) is 11.4 Å². The van der Waals surface area contributed by atoms with Gasteiger partial charge in [0.15, 0.2) is 5.82 Å². The molecule has 3 aromatic heterocycles. The molecule has 4 aromatic rings. The van der Waals surface area contributed by atoms with Crippen molar-refractivity contribution in [2.24, 2.45) is 0 Å². The molecule has 0 spiro atoms. The Bertz CT molecular complexity index is 1130. The first-order chi connectivity index (χ1) is 15.6. The lowest BCUT2D eigenvalue weighted by Crippen LogP contribution is -2.27. The first-order valence-electron chi connectivity index (χ1n) is 10.4. The van der Waals surface area contributed by atoms with Gasteiger partial charge in [-0.15, -0.1) is 0 Å². The molecule has 0 radical (unpaired) electrons. The van der Waals surface area contributed by atoms with E-state index in [0.717, 1.165) is 22.8 Å². The third kappa shape index (κ3) is 5.04. The molecule has 8 heteroatoms. The zero-order chi connectivity index (χ0) is 22.3. The van der Waals surface area contributed by atoms with Gasteiger partial charge in [-0.2, -0.15) is 4.98 Å². The van der Waals surface area contributed by atoms with Gasteiger partial charge in [-0.25, -0.2) is 15.0 Å². The van der Waals surface area contributed by atoms with Crippen LogP contribution in [-0.2, 0) is 0 Å². The third-order valence-electron chi connectivity index (χ3n) is 5.15. The molecule has 0 fully saturated rings. The van der Waals surface area contributed by atoms with E-state index >= 15 is 0 Å². The molecule has 8 nitrogen and oxygen atoms in total. The van der Waals surface area contributed by atoms with Crippen LogP contribution in [0.1, 0.15) is 11.6 Å². The number of nitrogens with zero attached hydrogens (tertiary/aromatic N) is 7. The third-order valence-corrected chi connectivity index (χ3v) is 5.15. The monoisotopic (exact) mass is 426 g/mol.